The molecule has 5 rings (SSSR count). The lowest BCUT2D eigenvalue weighted by Crippen LogP contribution is -2.39. The Morgan fingerprint density at radius 1 is 1.10 bits per heavy atom. The molecule has 10 heteroatoms. The number of nitrogens with zero attached hydrogens (tertiary/aromatic N) is 4. The maximum absolute atomic E-state index is 12.7. The lowest BCUT2D eigenvalue weighted by molar-refractivity contribution is 0.139. The Labute approximate surface area is 228 Å². The average molecular weight is 551 g/mol. The van der Waals surface area contributed by atoms with E-state index in [0.717, 1.165) is 35.4 Å². The number of piperidine rings is 1. The summed E-state index contributed by atoms with van der Waals surface area (Å²) in [6, 6.07) is 11.3. The van der Waals surface area contributed by atoms with Crippen molar-refractivity contribution in [3.05, 3.63) is 82.3 Å². The molecule has 0 N–H and O–H groups in total. The van der Waals surface area contributed by atoms with Crippen LogP contribution in [0, 0.1) is 0 Å². The monoisotopic (exact) mass is 550 g/mol. The molecule has 1 saturated heterocycles. The van der Waals surface area contributed by atoms with Crippen molar-refractivity contribution in [2.75, 3.05) is 24.2 Å². The first-order valence-corrected chi connectivity index (χ1v) is 15.3. The summed E-state index contributed by atoms with van der Waals surface area (Å²) in [5.74, 6) is 1.84. The highest BCUT2D eigenvalue weighted by Gasteiger charge is 2.26. The van der Waals surface area contributed by atoms with Crippen LogP contribution in [0.1, 0.15) is 51.0 Å². The summed E-state index contributed by atoms with van der Waals surface area (Å²) >= 11 is 0. The highest BCUT2D eigenvalue weighted by Crippen LogP contribution is 2.28. The fourth-order valence-electron chi connectivity index (χ4n) is 5.05. The molecule has 0 unspecified atom stereocenters. The van der Waals surface area contributed by atoms with Crippen LogP contribution < -0.4 is 10.5 Å². The van der Waals surface area contributed by atoms with Crippen molar-refractivity contribution in [2.24, 2.45) is 0 Å². The lowest BCUT2D eigenvalue weighted by Gasteiger charge is -2.33. The number of pyridine rings is 1. The Hall–Kier alpha value is -3.66. The second-order valence-corrected chi connectivity index (χ2v) is 12.8. The second kappa shape index (κ2) is 11.2. The van der Waals surface area contributed by atoms with Gasteiger partial charge in [0.15, 0.2) is 0 Å². The van der Waals surface area contributed by atoms with E-state index in [1.54, 1.807) is 16.8 Å². The van der Waals surface area contributed by atoms with Crippen LogP contribution in [0.25, 0.3) is 17.0 Å². The van der Waals surface area contributed by atoms with E-state index < -0.39 is 9.84 Å². The average Bonchev–Trinajstić information content (AvgIpc) is 3.40. The quantitative estimate of drug-likeness (QED) is 0.405. The minimum atomic E-state index is -3.02. The van der Waals surface area contributed by atoms with Crippen LogP contribution >= 0.6 is 0 Å². The molecule has 0 saturated carbocycles. The molecule has 1 aromatic carbocycles. The number of aromatic nitrogens is 3. The molecule has 1 aliphatic carbocycles. The summed E-state index contributed by atoms with van der Waals surface area (Å²) in [7, 11) is -3.02. The van der Waals surface area contributed by atoms with E-state index in [2.05, 4.69) is 21.1 Å². The minimum absolute atomic E-state index is 0.125. The molecule has 9 nitrogen and oxygen atoms in total. The van der Waals surface area contributed by atoms with Gasteiger partial charge < -0.3 is 18.7 Å². The molecule has 0 radical (unpaired) electrons. The Kier molecular flexibility index (Phi) is 7.74. The molecule has 39 heavy (non-hydrogen) atoms. The van der Waals surface area contributed by atoms with E-state index in [1.807, 2.05) is 44.2 Å². The normalized spacial score (nSPS) is 16.8. The molecule has 206 valence electrons. The van der Waals surface area contributed by atoms with Crippen LogP contribution in [0.4, 0.5) is 5.69 Å². The van der Waals surface area contributed by atoms with Crippen molar-refractivity contribution < 1.29 is 17.7 Å². The molecule has 2 aliphatic rings. The van der Waals surface area contributed by atoms with E-state index in [4.69, 9.17) is 9.26 Å². The molecule has 1 aliphatic heterocycles. The topological polar surface area (TPSA) is 108 Å². The van der Waals surface area contributed by atoms with E-state index >= 15 is 0 Å². The number of anilines is 1. The zero-order valence-corrected chi connectivity index (χ0v) is 23.4. The molecular formula is C29H34N4O5S. The van der Waals surface area contributed by atoms with Crippen LogP contribution in [-0.2, 0) is 21.1 Å². The summed E-state index contributed by atoms with van der Waals surface area (Å²) < 4.78 is 36.8. The Morgan fingerprint density at radius 3 is 2.59 bits per heavy atom. The third kappa shape index (κ3) is 6.50. The molecule has 3 heterocycles. The lowest BCUT2D eigenvalue weighted by atomic mass is 10.0. The van der Waals surface area contributed by atoms with Crippen molar-refractivity contribution in [1.82, 2.24) is 14.7 Å². The van der Waals surface area contributed by atoms with Crippen LogP contribution in [0.3, 0.4) is 0 Å². The van der Waals surface area contributed by atoms with Crippen molar-refractivity contribution >= 4 is 21.1 Å². The SMILES string of the molecule is CC(C)OC1=CC=C(c2nc(-c3ccc(=O)n(Cc4cccc(N5CCC(S(C)(=O)=O)CC5)c4)c3)no2)CC1. The number of hydrogen-bond donors (Lipinski definition) is 0. The zero-order valence-electron chi connectivity index (χ0n) is 22.5. The maximum Gasteiger partial charge on any atom is 0.254 e. The second-order valence-electron chi connectivity index (χ2n) is 10.5. The first kappa shape index (κ1) is 26.9. The Morgan fingerprint density at radius 2 is 1.90 bits per heavy atom. The van der Waals surface area contributed by atoms with Crippen molar-refractivity contribution in [3.63, 3.8) is 0 Å². The van der Waals surface area contributed by atoms with E-state index in [9.17, 15) is 13.2 Å². The number of hydrogen-bond acceptors (Lipinski definition) is 8. The van der Waals surface area contributed by atoms with Gasteiger partial charge in [-0.05, 0) is 62.9 Å². The van der Waals surface area contributed by atoms with Gasteiger partial charge in [-0.2, -0.15) is 4.98 Å². The first-order chi connectivity index (χ1) is 18.7. The number of ether oxygens (including phenoxy) is 1. The summed E-state index contributed by atoms with van der Waals surface area (Å²) in [4.78, 5) is 19.5. The molecule has 0 amide bonds. The maximum atomic E-state index is 12.7. The highest BCUT2D eigenvalue weighted by atomic mass is 32.2. The van der Waals surface area contributed by atoms with Crippen LogP contribution in [0.2, 0.25) is 0 Å². The van der Waals surface area contributed by atoms with E-state index in [0.29, 0.717) is 49.8 Å². The largest absolute Gasteiger partial charge is 0.495 e. The van der Waals surface area contributed by atoms with Gasteiger partial charge in [-0.1, -0.05) is 23.4 Å². The Balaban J connectivity index is 1.30. The molecule has 0 bridgehead atoms. The third-order valence-electron chi connectivity index (χ3n) is 7.12. The van der Waals surface area contributed by atoms with Gasteiger partial charge in [0, 0.05) is 54.9 Å². The molecule has 3 aromatic rings. The third-order valence-corrected chi connectivity index (χ3v) is 8.80. The van der Waals surface area contributed by atoms with E-state index in [1.165, 1.54) is 12.3 Å². The smallest absolute Gasteiger partial charge is 0.254 e. The standard InChI is InChI=1S/C29H34N4O5S/c1-20(2)37-25-10-7-22(8-11-25)29-30-28(31-38-29)23-9-12-27(34)33(19-23)18-21-5-4-6-24(17-21)32-15-13-26(14-16-32)39(3,35)36/h4-7,9-10,12,17,19-20,26H,8,11,13-16,18H2,1-3H3. The van der Waals surface area contributed by atoms with Gasteiger partial charge in [-0.3, -0.25) is 4.79 Å². The number of sulfone groups is 1. The van der Waals surface area contributed by atoms with Crippen LogP contribution in [0.15, 0.2) is 69.8 Å². The van der Waals surface area contributed by atoms with Gasteiger partial charge in [-0.15, -0.1) is 0 Å². The van der Waals surface area contributed by atoms with Gasteiger partial charge in [0.05, 0.1) is 23.7 Å². The van der Waals surface area contributed by atoms with Gasteiger partial charge in [0.1, 0.15) is 9.84 Å². The predicted molar refractivity (Wildman–Crippen MR) is 151 cm³/mol. The zero-order chi connectivity index (χ0) is 27.6. The fraction of sp³-hybridized carbons (Fsp3) is 0.414. The molecule has 0 atom stereocenters. The predicted octanol–water partition coefficient (Wildman–Crippen LogP) is 4.45. The summed E-state index contributed by atoms with van der Waals surface area (Å²) in [5, 5.41) is 3.89. The van der Waals surface area contributed by atoms with Crippen molar-refractivity contribution in [2.45, 2.75) is 57.4 Å². The molecule has 2 aromatic heterocycles. The van der Waals surface area contributed by atoms with Crippen LogP contribution in [0.5, 0.6) is 0 Å². The van der Waals surface area contributed by atoms with Gasteiger partial charge in [-0.25, -0.2) is 8.42 Å². The summed E-state index contributed by atoms with van der Waals surface area (Å²) in [6.07, 6.45) is 9.89. The fourth-order valence-corrected chi connectivity index (χ4v) is 6.11. The number of benzene rings is 1. The van der Waals surface area contributed by atoms with Crippen molar-refractivity contribution in [1.29, 1.82) is 0 Å². The number of rotatable bonds is 8. The number of allylic oxidation sites excluding steroid dienone is 4. The van der Waals surface area contributed by atoms with E-state index in [-0.39, 0.29) is 16.9 Å². The van der Waals surface area contributed by atoms with Gasteiger partial charge >= 0.3 is 0 Å². The first-order valence-electron chi connectivity index (χ1n) is 13.3. The van der Waals surface area contributed by atoms with Gasteiger partial charge in [0.25, 0.3) is 11.4 Å². The molecular weight excluding hydrogens is 516 g/mol. The van der Waals surface area contributed by atoms with Crippen LogP contribution in [-0.4, -0.2) is 53.8 Å². The molecule has 0 spiro atoms. The highest BCUT2D eigenvalue weighted by molar-refractivity contribution is 7.91. The summed E-state index contributed by atoms with van der Waals surface area (Å²) in [5.41, 5.74) is 3.53. The van der Waals surface area contributed by atoms with Crippen molar-refractivity contribution in [3.8, 4) is 11.4 Å². The minimum Gasteiger partial charge on any atom is -0.495 e. The Bertz CT molecular complexity index is 1560. The summed E-state index contributed by atoms with van der Waals surface area (Å²) in [6.45, 7) is 5.78. The van der Waals surface area contributed by atoms with Gasteiger partial charge in [0.2, 0.25) is 5.82 Å². The molecule has 1 fully saturated rings.